The molecule has 1 heterocycles. The number of nitrogens with zero attached hydrogens (tertiary/aromatic N) is 1. The number of hydrogen-bond acceptors (Lipinski definition) is 3. The predicted molar refractivity (Wildman–Crippen MR) is 114 cm³/mol. The smallest absolute Gasteiger partial charge is 0.325 e. The van der Waals surface area contributed by atoms with Gasteiger partial charge in [-0.25, -0.2) is 4.79 Å². The third-order valence-electron chi connectivity index (χ3n) is 5.39. The van der Waals surface area contributed by atoms with Crippen molar-refractivity contribution in [3.05, 3.63) is 65.7 Å². The lowest BCUT2D eigenvalue weighted by molar-refractivity contribution is -0.131. The van der Waals surface area contributed by atoms with Gasteiger partial charge >= 0.3 is 6.03 Å². The summed E-state index contributed by atoms with van der Waals surface area (Å²) in [6.45, 7) is 9.16. The van der Waals surface area contributed by atoms with Gasteiger partial charge in [-0.3, -0.25) is 9.69 Å². The third-order valence-corrected chi connectivity index (χ3v) is 5.39. The van der Waals surface area contributed by atoms with E-state index in [0.29, 0.717) is 19.6 Å². The van der Waals surface area contributed by atoms with Gasteiger partial charge in [0.05, 0.1) is 6.61 Å². The Morgan fingerprint density at radius 2 is 1.62 bits per heavy atom. The Hall–Kier alpha value is -2.82. The van der Waals surface area contributed by atoms with Crippen molar-refractivity contribution in [3.8, 4) is 5.75 Å². The summed E-state index contributed by atoms with van der Waals surface area (Å²) in [7, 11) is 0. The highest BCUT2D eigenvalue weighted by molar-refractivity contribution is 6.07. The number of urea groups is 1. The molecule has 1 aliphatic rings. The van der Waals surface area contributed by atoms with E-state index in [1.165, 1.54) is 10.5 Å². The first-order valence-electron chi connectivity index (χ1n) is 10.1. The summed E-state index contributed by atoms with van der Waals surface area (Å²) in [4.78, 5) is 26.8. The highest BCUT2D eigenvalue weighted by Crippen LogP contribution is 2.31. The van der Waals surface area contributed by atoms with Crippen molar-refractivity contribution < 1.29 is 14.3 Å². The van der Waals surface area contributed by atoms with Crippen LogP contribution in [0.4, 0.5) is 4.79 Å². The summed E-state index contributed by atoms with van der Waals surface area (Å²) in [5.41, 5.74) is 1.01. The molecule has 1 fully saturated rings. The fourth-order valence-electron chi connectivity index (χ4n) is 3.48. The van der Waals surface area contributed by atoms with Crippen molar-refractivity contribution >= 4 is 11.9 Å². The zero-order valence-corrected chi connectivity index (χ0v) is 17.7. The third kappa shape index (κ3) is 4.61. The van der Waals surface area contributed by atoms with Crippen molar-refractivity contribution in [2.24, 2.45) is 0 Å². The minimum atomic E-state index is -1.02. The van der Waals surface area contributed by atoms with Crippen LogP contribution in [0.15, 0.2) is 54.6 Å². The van der Waals surface area contributed by atoms with Crippen LogP contribution in [-0.4, -0.2) is 30.0 Å². The van der Waals surface area contributed by atoms with E-state index in [9.17, 15) is 9.59 Å². The number of unbranched alkanes of at least 4 members (excludes halogenated alkanes) is 1. The normalized spacial score (nSPS) is 19.4. The van der Waals surface area contributed by atoms with Crippen LogP contribution in [-0.2, 0) is 15.7 Å². The van der Waals surface area contributed by atoms with E-state index in [2.05, 4.69) is 26.1 Å². The van der Waals surface area contributed by atoms with Gasteiger partial charge in [-0.1, -0.05) is 63.2 Å². The zero-order valence-electron chi connectivity index (χ0n) is 17.7. The fraction of sp³-hybridized carbons (Fsp3) is 0.417. The van der Waals surface area contributed by atoms with Crippen molar-refractivity contribution in [3.63, 3.8) is 0 Å². The van der Waals surface area contributed by atoms with Crippen LogP contribution < -0.4 is 10.1 Å². The molecule has 3 rings (SSSR count). The molecule has 0 spiro atoms. The van der Waals surface area contributed by atoms with Gasteiger partial charge in [0.2, 0.25) is 0 Å². The fourth-order valence-corrected chi connectivity index (χ4v) is 3.48. The van der Waals surface area contributed by atoms with E-state index >= 15 is 0 Å². The van der Waals surface area contributed by atoms with Crippen molar-refractivity contribution in [2.75, 3.05) is 13.2 Å². The molecule has 1 aliphatic heterocycles. The van der Waals surface area contributed by atoms with E-state index in [-0.39, 0.29) is 17.4 Å². The molecule has 2 aromatic rings. The SMILES string of the molecule is CC(C)(C)c1ccc(C2(C)NC(=O)N(CCCCOc3ccccc3)C2=O)cc1. The number of benzene rings is 2. The van der Waals surface area contributed by atoms with Crippen LogP contribution in [0.3, 0.4) is 0 Å². The first-order chi connectivity index (χ1) is 13.7. The number of rotatable bonds is 7. The summed E-state index contributed by atoms with van der Waals surface area (Å²) in [5.74, 6) is 0.628. The van der Waals surface area contributed by atoms with Gasteiger partial charge in [0.1, 0.15) is 11.3 Å². The monoisotopic (exact) mass is 394 g/mol. The Kier molecular flexibility index (Phi) is 5.96. The molecule has 1 N–H and O–H groups in total. The predicted octanol–water partition coefficient (Wildman–Crippen LogP) is 4.61. The lowest BCUT2D eigenvalue weighted by Gasteiger charge is -2.24. The van der Waals surface area contributed by atoms with Gasteiger partial charge in [-0.15, -0.1) is 0 Å². The van der Waals surface area contributed by atoms with Crippen LogP contribution >= 0.6 is 0 Å². The molecule has 1 saturated heterocycles. The van der Waals surface area contributed by atoms with Gasteiger partial charge in [0.25, 0.3) is 5.91 Å². The molecule has 29 heavy (non-hydrogen) atoms. The minimum Gasteiger partial charge on any atom is -0.494 e. The highest BCUT2D eigenvalue weighted by atomic mass is 16.5. The summed E-state index contributed by atoms with van der Waals surface area (Å²) in [5, 5.41) is 2.88. The summed E-state index contributed by atoms with van der Waals surface area (Å²) < 4.78 is 5.67. The molecule has 0 bridgehead atoms. The average molecular weight is 395 g/mol. The molecule has 5 heteroatoms. The molecular weight excluding hydrogens is 364 g/mol. The Morgan fingerprint density at radius 3 is 2.24 bits per heavy atom. The van der Waals surface area contributed by atoms with Crippen LogP contribution in [0.2, 0.25) is 0 Å². The standard InChI is InChI=1S/C24H30N2O3/c1-23(2,3)18-12-14-19(15-13-18)24(4)21(27)26(22(28)25-24)16-8-9-17-29-20-10-6-5-7-11-20/h5-7,10-15H,8-9,16-17H2,1-4H3,(H,25,28). The van der Waals surface area contributed by atoms with Crippen molar-refractivity contribution in [1.29, 1.82) is 0 Å². The maximum Gasteiger partial charge on any atom is 0.325 e. The first kappa shape index (κ1) is 20.9. The number of carbonyl (C=O) groups is 2. The highest BCUT2D eigenvalue weighted by Gasteiger charge is 2.48. The van der Waals surface area contributed by atoms with E-state index in [0.717, 1.165) is 17.7 Å². The molecular formula is C24H30N2O3. The quantitative estimate of drug-likeness (QED) is 0.551. The zero-order chi connectivity index (χ0) is 21.1. The Morgan fingerprint density at radius 1 is 0.966 bits per heavy atom. The summed E-state index contributed by atoms with van der Waals surface area (Å²) >= 11 is 0. The molecule has 0 radical (unpaired) electrons. The Bertz CT molecular complexity index is 856. The molecule has 1 atom stereocenters. The van der Waals surface area contributed by atoms with Crippen LogP contribution in [0, 0.1) is 0 Å². The average Bonchev–Trinajstić information content (AvgIpc) is 2.91. The number of imide groups is 1. The van der Waals surface area contributed by atoms with Crippen molar-refractivity contribution in [1.82, 2.24) is 10.2 Å². The van der Waals surface area contributed by atoms with Crippen LogP contribution in [0.5, 0.6) is 5.75 Å². The molecule has 2 aromatic carbocycles. The lowest BCUT2D eigenvalue weighted by Crippen LogP contribution is -2.41. The molecule has 3 amide bonds. The second kappa shape index (κ2) is 8.27. The van der Waals surface area contributed by atoms with Crippen LogP contribution in [0.25, 0.3) is 0 Å². The molecule has 0 aromatic heterocycles. The number of amides is 3. The van der Waals surface area contributed by atoms with E-state index in [4.69, 9.17) is 4.74 Å². The van der Waals surface area contributed by atoms with Gasteiger partial charge < -0.3 is 10.1 Å². The Labute approximate surface area is 173 Å². The maximum atomic E-state index is 13.0. The number of para-hydroxylation sites is 1. The number of ether oxygens (including phenoxy) is 1. The largest absolute Gasteiger partial charge is 0.494 e. The second-order valence-electron chi connectivity index (χ2n) is 8.71. The lowest BCUT2D eigenvalue weighted by atomic mass is 9.84. The maximum absolute atomic E-state index is 13.0. The summed E-state index contributed by atoms with van der Waals surface area (Å²) in [6.07, 6.45) is 1.47. The molecule has 1 unspecified atom stereocenters. The number of nitrogens with one attached hydrogen (secondary N) is 1. The van der Waals surface area contributed by atoms with Crippen LogP contribution in [0.1, 0.15) is 51.7 Å². The van der Waals surface area contributed by atoms with Gasteiger partial charge in [0.15, 0.2) is 0 Å². The van der Waals surface area contributed by atoms with Gasteiger partial charge in [0, 0.05) is 6.54 Å². The van der Waals surface area contributed by atoms with Crippen molar-refractivity contribution in [2.45, 2.75) is 51.5 Å². The molecule has 5 nitrogen and oxygen atoms in total. The molecule has 0 aliphatic carbocycles. The minimum absolute atomic E-state index is 0.0379. The summed E-state index contributed by atoms with van der Waals surface area (Å²) in [6, 6.07) is 17.2. The number of carbonyl (C=O) groups excluding carboxylic acids is 2. The second-order valence-corrected chi connectivity index (χ2v) is 8.71. The van der Waals surface area contributed by atoms with Gasteiger partial charge in [-0.05, 0) is 48.4 Å². The molecule has 0 saturated carbocycles. The van der Waals surface area contributed by atoms with E-state index in [1.807, 2.05) is 54.6 Å². The van der Waals surface area contributed by atoms with E-state index in [1.54, 1.807) is 6.92 Å². The number of hydrogen-bond donors (Lipinski definition) is 1. The topological polar surface area (TPSA) is 58.6 Å². The first-order valence-corrected chi connectivity index (χ1v) is 10.1. The van der Waals surface area contributed by atoms with E-state index < -0.39 is 5.54 Å². The van der Waals surface area contributed by atoms with Gasteiger partial charge in [-0.2, -0.15) is 0 Å². The molecule has 154 valence electrons. The Balaban J connectivity index is 1.57.